The largest absolute Gasteiger partial charge is 0.476 e. The van der Waals surface area contributed by atoms with Crippen LogP contribution in [0.2, 0.25) is 5.02 Å². The van der Waals surface area contributed by atoms with Crippen molar-refractivity contribution in [2.45, 2.75) is 13.3 Å². The molecule has 0 amide bonds. The topological polar surface area (TPSA) is 78.9 Å². The number of nitrogen functional groups attached to an aromatic ring is 1. The minimum atomic E-state index is 0.348. The van der Waals surface area contributed by atoms with E-state index in [1.54, 1.807) is 6.20 Å². The van der Waals surface area contributed by atoms with Gasteiger partial charge >= 0.3 is 0 Å². The molecule has 0 spiro atoms. The molecule has 17 heavy (non-hydrogen) atoms. The molecule has 0 unspecified atom stereocenters. The highest BCUT2D eigenvalue weighted by atomic mass is 35.5. The smallest absolute Gasteiger partial charge is 0.242 e. The van der Waals surface area contributed by atoms with Gasteiger partial charge in [0.05, 0.1) is 24.0 Å². The van der Waals surface area contributed by atoms with E-state index in [4.69, 9.17) is 22.1 Å². The lowest BCUT2D eigenvalue weighted by Crippen LogP contribution is -2.08. The molecular weight excluding hydrogens is 242 g/mol. The van der Waals surface area contributed by atoms with Crippen LogP contribution >= 0.6 is 11.6 Å². The highest BCUT2D eigenvalue weighted by molar-refractivity contribution is 6.30. The molecule has 0 atom stereocenters. The highest BCUT2D eigenvalue weighted by Gasteiger charge is 2.11. The van der Waals surface area contributed by atoms with Crippen molar-refractivity contribution < 1.29 is 4.74 Å². The van der Waals surface area contributed by atoms with E-state index in [1.807, 2.05) is 6.92 Å². The lowest BCUT2D eigenvalue weighted by Gasteiger charge is -2.09. The second-order valence-corrected chi connectivity index (χ2v) is 3.80. The third kappa shape index (κ3) is 2.47. The Morgan fingerprint density at radius 2 is 2.29 bits per heavy atom. The maximum absolute atomic E-state index is 5.91. The molecule has 2 aromatic heterocycles. The lowest BCUT2D eigenvalue weighted by molar-refractivity contribution is 0.306. The SMILES string of the molecule is CCCOc1ncnc(-n2cc(Cl)cn2)c1N. The van der Waals surface area contributed by atoms with E-state index in [2.05, 4.69) is 15.1 Å². The molecule has 2 N–H and O–H groups in total. The van der Waals surface area contributed by atoms with Gasteiger partial charge in [-0.05, 0) is 6.42 Å². The Balaban J connectivity index is 2.35. The van der Waals surface area contributed by atoms with Gasteiger partial charge in [0.1, 0.15) is 12.0 Å². The van der Waals surface area contributed by atoms with E-state index in [9.17, 15) is 0 Å². The molecule has 2 rings (SSSR count). The molecule has 6 nitrogen and oxygen atoms in total. The summed E-state index contributed by atoms with van der Waals surface area (Å²) in [7, 11) is 0. The van der Waals surface area contributed by atoms with E-state index < -0.39 is 0 Å². The number of halogens is 1. The van der Waals surface area contributed by atoms with Gasteiger partial charge in [0.25, 0.3) is 0 Å². The van der Waals surface area contributed by atoms with Gasteiger partial charge in [-0.3, -0.25) is 0 Å². The van der Waals surface area contributed by atoms with E-state index >= 15 is 0 Å². The van der Waals surface area contributed by atoms with Crippen LogP contribution in [0.1, 0.15) is 13.3 Å². The van der Waals surface area contributed by atoms with E-state index in [0.29, 0.717) is 29.0 Å². The van der Waals surface area contributed by atoms with Crippen LogP contribution in [0.15, 0.2) is 18.7 Å². The number of hydrogen-bond donors (Lipinski definition) is 1. The summed E-state index contributed by atoms with van der Waals surface area (Å²) in [6.45, 7) is 2.56. The molecule has 0 aliphatic heterocycles. The zero-order valence-electron chi connectivity index (χ0n) is 9.30. The Kier molecular flexibility index (Phi) is 3.43. The minimum absolute atomic E-state index is 0.348. The fraction of sp³-hybridized carbons (Fsp3) is 0.300. The van der Waals surface area contributed by atoms with Gasteiger partial charge in [0.2, 0.25) is 5.88 Å². The predicted molar refractivity (Wildman–Crippen MR) is 64.4 cm³/mol. The van der Waals surface area contributed by atoms with Crippen molar-refractivity contribution in [1.29, 1.82) is 0 Å². The third-order valence-corrected chi connectivity index (χ3v) is 2.23. The first-order valence-corrected chi connectivity index (χ1v) is 5.54. The molecule has 0 aliphatic rings. The Hall–Kier alpha value is -1.82. The first-order valence-electron chi connectivity index (χ1n) is 5.16. The normalized spacial score (nSPS) is 10.5. The number of ether oxygens (including phenoxy) is 1. The van der Waals surface area contributed by atoms with Crippen molar-refractivity contribution in [2.75, 3.05) is 12.3 Å². The minimum Gasteiger partial charge on any atom is -0.476 e. The van der Waals surface area contributed by atoms with Gasteiger partial charge in [-0.1, -0.05) is 18.5 Å². The molecule has 2 aromatic rings. The summed E-state index contributed by atoms with van der Waals surface area (Å²) in [6.07, 6.45) is 5.39. The maximum Gasteiger partial charge on any atom is 0.242 e. The van der Waals surface area contributed by atoms with Crippen molar-refractivity contribution >= 4 is 17.3 Å². The molecule has 0 fully saturated rings. The molecule has 0 radical (unpaired) electrons. The third-order valence-electron chi connectivity index (χ3n) is 2.04. The second kappa shape index (κ2) is 5.01. The van der Waals surface area contributed by atoms with Gasteiger partial charge in [-0.15, -0.1) is 0 Å². The molecular formula is C10H12ClN5O. The van der Waals surface area contributed by atoms with Crippen molar-refractivity contribution in [3.8, 4) is 11.7 Å². The Morgan fingerprint density at radius 1 is 1.47 bits per heavy atom. The number of rotatable bonds is 4. The van der Waals surface area contributed by atoms with Gasteiger partial charge < -0.3 is 10.5 Å². The van der Waals surface area contributed by atoms with Crippen LogP contribution in [0, 0.1) is 0 Å². The summed E-state index contributed by atoms with van der Waals surface area (Å²) < 4.78 is 6.89. The molecule has 0 bridgehead atoms. The summed E-state index contributed by atoms with van der Waals surface area (Å²) in [4.78, 5) is 8.03. The molecule has 0 saturated heterocycles. The molecule has 2 heterocycles. The summed E-state index contributed by atoms with van der Waals surface area (Å²) in [6, 6.07) is 0. The average molecular weight is 254 g/mol. The van der Waals surface area contributed by atoms with Crippen LogP contribution in [-0.2, 0) is 0 Å². The van der Waals surface area contributed by atoms with Crippen LogP contribution in [0.3, 0.4) is 0 Å². The average Bonchev–Trinajstić information content (AvgIpc) is 2.74. The number of nitrogens with two attached hydrogens (primary N) is 1. The predicted octanol–water partition coefficient (Wildman–Crippen LogP) is 1.69. The van der Waals surface area contributed by atoms with Gasteiger partial charge in [0.15, 0.2) is 5.82 Å². The monoisotopic (exact) mass is 253 g/mol. The molecule has 0 saturated carbocycles. The number of anilines is 1. The van der Waals surface area contributed by atoms with E-state index in [1.165, 1.54) is 17.2 Å². The fourth-order valence-corrected chi connectivity index (χ4v) is 1.42. The molecule has 7 heteroatoms. The van der Waals surface area contributed by atoms with Gasteiger partial charge in [0, 0.05) is 0 Å². The van der Waals surface area contributed by atoms with Crippen molar-refractivity contribution in [3.05, 3.63) is 23.7 Å². The number of nitrogens with zero attached hydrogens (tertiary/aromatic N) is 4. The Bertz CT molecular complexity index is 513. The number of aromatic nitrogens is 4. The zero-order chi connectivity index (χ0) is 12.3. The summed E-state index contributed by atoms with van der Waals surface area (Å²) in [5, 5.41) is 4.54. The first-order chi connectivity index (χ1) is 8.22. The second-order valence-electron chi connectivity index (χ2n) is 3.37. The van der Waals surface area contributed by atoms with Crippen molar-refractivity contribution in [1.82, 2.24) is 19.7 Å². The highest BCUT2D eigenvalue weighted by Crippen LogP contribution is 2.23. The van der Waals surface area contributed by atoms with Crippen LogP contribution in [0.4, 0.5) is 5.69 Å². The molecule has 90 valence electrons. The van der Waals surface area contributed by atoms with Crippen LogP contribution in [0.25, 0.3) is 5.82 Å². The summed E-state index contributed by atoms with van der Waals surface area (Å²) in [5.74, 6) is 0.821. The first kappa shape index (κ1) is 11.7. The zero-order valence-corrected chi connectivity index (χ0v) is 10.1. The van der Waals surface area contributed by atoms with E-state index in [0.717, 1.165) is 6.42 Å². The standard InChI is InChI=1S/C10H12ClN5O/c1-2-3-17-10-8(12)9(13-6-14-10)16-5-7(11)4-15-16/h4-6H,2-3,12H2,1H3. The Labute approximate surface area is 103 Å². The van der Waals surface area contributed by atoms with Crippen LogP contribution < -0.4 is 10.5 Å². The maximum atomic E-state index is 5.91. The molecule has 0 aliphatic carbocycles. The van der Waals surface area contributed by atoms with Crippen LogP contribution in [0.5, 0.6) is 5.88 Å². The molecule has 0 aromatic carbocycles. The van der Waals surface area contributed by atoms with Gasteiger partial charge in [-0.2, -0.15) is 10.1 Å². The number of hydrogen-bond acceptors (Lipinski definition) is 5. The lowest BCUT2D eigenvalue weighted by atomic mass is 10.4. The summed E-state index contributed by atoms with van der Waals surface area (Å²) >= 11 is 5.79. The quantitative estimate of drug-likeness (QED) is 0.897. The van der Waals surface area contributed by atoms with Gasteiger partial charge in [-0.25, -0.2) is 9.67 Å². The van der Waals surface area contributed by atoms with Crippen molar-refractivity contribution in [3.63, 3.8) is 0 Å². The summed E-state index contributed by atoms with van der Waals surface area (Å²) in [5.41, 5.74) is 6.26. The van der Waals surface area contributed by atoms with E-state index in [-0.39, 0.29) is 0 Å². The Morgan fingerprint density at radius 3 is 2.94 bits per heavy atom. The van der Waals surface area contributed by atoms with Crippen LogP contribution in [-0.4, -0.2) is 26.4 Å². The van der Waals surface area contributed by atoms with Crippen molar-refractivity contribution in [2.24, 2.45) is 0 Å². The fourth-order valence-electron chi connectivity index (χ4n) is 1.28.